The van der Waals surface area contributed by atoms with E-state index in [0.717, 1.165) is 0 Å². The van der Waals surface area contributed by atoms with Crippen LogP contribution in [0.1, 0.15) is 13.3 Å². The molecular weight excluding hydrogens is 150 g/mol. The summed E-state index contributed by atoms with van der Waals surface area (Å²) in [5, 5.41) is 28.1. The summed E-state index contributed by atoms with van der Waals surface area (Å²) in [6.07, 6.45) is -0.465. The van der Waals surface area contributed by atoms with Crippen molar-refractivity contribution in [3.63, 3.8) is 0 Å². The Kier molecular flexibility index (Phi) is 4.76. The monoisotopic (exact) mass is 163 g/mol. The highest BCUT2D eigenvalue weighted by atomic mass is 16.4. The maximum Gasteiger partial charge on any atom is 0.323 e. The summed E-state index contributed by atoms with van der Waals surface area (Å²) in [5.74, 6) is -1.17. The van der Waals surface area contributed by atoms with E-state index in [2.05, 4.69) is 5.32 Å². The number of aliphatic carboxylic acids is 1. The van der Waals surface area contributed by atoms with Gasteiger partial charge in [0.25, 0.3) is 0 Å². The molecule has 0 amide bonds. The molecule has 0 bridgehead atoms. The lowest BCUT2D eigenvalue weighted by Gasteiger charge is -2.15. The van der Waals surface area contributed by atoms with Gasteiger partial charge >= 0.3 is 5.97 Å². The lowest BCUT2D eigenvalue weighted by molar-refractivity contribution is -0.141. The standard InChI is InChI=1S/C6H13NO4/c1-2-5(9)7-4(3-8)6(10)11/h4-5,7-9H,2-3H2,1H3,(H,10,11). The Morgan fingerprint density at radius 3 is 2.45 bits per heavy atom. The Labute approximate surface area is 64.7 Å². The molecule has 11 heavy (non-hydrogen) atoms. The van der Waals surface area contributed by atoms with Crippen LogP contribution in [0.4, 0.5) is 0 Å². The van der Waals surface area contributed by atoms with Gasteiger partial charge in [-0.05, 0) is 6.42 Å². The van der Waals surface area contributed by atoms with Crippen molar-refractivity contribution in [1.29, 1.82) is 0 Å². The first-order valence-corrected chi connectivity index (χ1v) is 3.39. The number of carboxylic acid groups (broad SMARTS) is 1. The van der Waals surface area contributed by atoms with Crippen molar-refractivity contribution in [1.82, 2.24) is 5.32 Å². The van der Waals surface area contributed by atoms with Gasteiger partial charge in [-0.25, -0.2) is 0 Å². The lowest BCUT2D eigenvalue weighted by Crippen LogP contribution is -2.45. The minimum absolute atomic E-state index is 0.407. The van der Waals surface area contributed by atoms with Gasteiger partial charge in [0.2, 0.25) is 0 Å². The van der Waals surface area contributed by atoms with E-state index < -0.39 is 24.8 Å². The molecule has 0 fully saturated rings. The molecule has 0 aliphatic rings. The van der Waals surface area contributed by atoms with Gasteiger partial charge in [0.1, 0.15) is 12.3 Å². The number of carbonyl (C=O) groups is 1. The summed E-state index contributed by atoms with van der Waals surface area (Å²) in [6, 6.07) is -1.08. The van der Waals surface area contributed by atoms with E-state index in [0.29, 0.717) is 6.42 Å². The van der Waals surface area contributed by atoms with Crippen molar-refractivity contribution in [2.45, 2.75) is 25.6 Å². The molecule has 0 aromatic heterocycles. The Bertz CT molecular complexity index is 128. The van der Waals surface area contributed by atoms with E-state index in [1.807, 2.05) is 0 Å². The normalized spacial score (nSPS) is 15.9. The topological polar surface area (TPSA) is 89.8 Å². The van der Waals surface area contributed by atoms with Crippen molar-refractivity contribution in [2.24, 2.45) is 0 Å². The summed E-state index contributed by atoms with van der Waals surface area (Å²) in [4.78, 5) is 10.2. The Morgan fingerprint density at radius 2 is 2.18 bits per heavy atom. The average molecular weight is 163 g/mol. The van der Waals surface area contributed by atoms with E-state index in [1.165, 1.54) is 0 Å². The van der Waals surface area contributed by atoms with Crippen molar-refractivity contribution >= 4 is 5.97 Å². The first-order valence-electron chi connectivity index (χ1n) is 3.39. The maximum absolute atomic E-state index is 10.2. The first kappa shape index (κ1) is 10.3. The quantitative estimate of drug-likeness (QED) is 0.380. The minimum atomic E-state index is -1.17. The molecular formula is C6H13NO4. The molecule has 0 aliphatic heterocycles. The van der Waals surface area contributed by atoms with Gasteiger partial charge in [0.05, 0.1) is 6.61 Å². The van der Waals surface area contributed by atoms with Gasteiger partial charge in [-0.3, -0.25) is 10.1 Å². The van der Waals surface area contributed by atoms with Gasteiger partial charge < -0.3 is 15.3 Å². The summed E-state index contributed by atoms with van der Waals surface area (Å²) >= 11 is 0. The third-order valence-electron chi connectivity index (χ3n) is 1.26. The average Bonchev–Trinajstić information content (AvgIpc) is 1.99. The van der Waals surface area contributed by atoms with Crippen LogP contribution < -0.4 is 5.32 Å². The number of aliphatic hydroxyl groups is 2. The molecule has 2 atom stereocenters. The Morgan fingerprint density at radius 1 is 1.64 bits per heavy atom. The summed E-state index contributed by atoms with van der Waals surface area (Å²) in [5.41, 5.74) is 0. The van der Waals surface area contributed by atoms with E-state index in [4.69, 9.17) is 15.3 Å². The van der Waals surface area contributed by atoms with Crippen molar-refractivity contribution in [3.8, 4) is 0 Å². The third kappa shape index (κ3) is 3.92. The lowest BCUT2D eigenvalue weighted by atomic mass is 10.3. The van der Waals surface area contributed by atoms with Crippen LogP contribution in [0.15, 0.2) is 0 Å². The van der Waals surface area contributed by atoms with Crippen LogP contribution in [0, 0.1) is 0 Å². The number of rotatable bonds is 5. The van der Waals surface area contributed by atoms with Crippen LogP contribution in [0.5, 0.6) is 0 Å². The van der Waals surface area contributed by atoms with Crippen LogP contribution in [0.2, 0.25) is 0 Å². The molecule has 5 heteroatoms. The molecule has 0 aromatic rings. The van der Waals surface area contributed by atoms with Crippen LogP contribution in [0.3, 0.4) is 0 Å². The van der Waals surface area contributed by atoms with Crippen molar-refractivity contribution in [3.05, 3.63) is 0 Å². The molecule has 66 valence electrons. The molecule has 0 spiro atoms. The fraction of sp³-hybridized carbons (Fsp3) is 0.833. The highest BCUT2D eigenvalue weighted by Crippen LogP contribution is 1.89. The molecule has 0 aliphatic carbocycles. The Hall–Kier alpha value is -0.650. The number of nitrogens with one attached hydrogen (secondary N) is 1. The highest BCUT2D eigenvalue weighted by Gasteiger charge is 2.17. The number of hydrogen-bond acceptors (Lipinski definition) is 4. The SMILES string of the molecule is CCC(O)NC(CO)C(=O)O. The largest absolute Gasteiger partial charge is 0.480 e. The molecule has 5 nitrogen and oxygen atoms in total. The zero-order chi connectivity index (χ0) is 8.85. The second kappa shape index (κ2) is 5.06. The first-order chi connectivity index (χ1) is 5.11. The number of hydrogen-bond donors (Lipinski definition) is 4. The van der Waals surface area contributed by atoms with E-state index in [-0.39, 0.29) is 0 Å². The van der Waals surface area contributed by atoms with Gasteiger partial charge in [0, 0.05) is 0 Å². The third-order valence-corrected chi connectivity index (χ3v) is 1.26. The molecule has 0 rings (SSSR count). The van der Waals surface area contributed by atoms with Gasteiger partial charge in [-0.2, -0.15) is 0 Å². The van der Waals surface area contributed by atoms with Crippen molar-refractivity contribution in [2.75, 3.05) is 6.61 Å². The number of carboxylic acids is 1. The smallest absolute Gasteiger partial charge is 0.323 e. The molecule has 0 aromatic carbocycles. The molecule has 0 heterocycles. The van der Waals surface area contributed by atoms with Crippen LogP contribution in [0.25, 0.3) is 0 Å². The predicted molar refractivity (Wildman–Crippen MR) is 37.9 cm³/mol. The van der Waals surface area contributed by atoms with Crippen molar-refractivity contribution < 1.29 is 20.1 Å². The van der Waals surface area contributed by atoms with Gasteiger partial charge in [-0.1, -0.05) is 6.92 Å². The molecule has 0 saturated heterocycles. The molecule has 0 radical (unpaired) electrons. The molecule has 4 N–H and O–H groups in total. The van der Waals surface area contributed by atoms with Gasteiger partial charge in [0.15, 0.2) is 0 Å². The summed E-state index contributed by atoms with van der Waals surface area (Å²) in [7, 11) is 0. The van der Waals surface area contributed by atoms with Gasteiger partial charge in [-0.15, -0.1) is 0 Å². The zero-order valence-corrected chi connectivity index (χ0v) is 6.32. The fourth-order valence-electron chi connectivity index (χ4n) is 0.552. The number of aliphatic hydroxyl groups excluding tert-OH is 2. The summed E-state index contributed by atoms with van der Waals surface area (Å²) < 4.78 is 0. The highest BCUT2D eigenvalue weighted by molar-refractivity contribution is 5.73. The second-order valence-corrected chi connectivity index (χ2v) is 2.16. The zero-order valence-electron chi connectivity index (χ0n) is 6.32. The van der Waals surface area contributed by atoms with Crippen LogP contribution >= 0.6 is 0 Å². The predicted octanol–water partition coefficient (Wildman–Crippen LogP) is -1.25. The summed E-state index contributed by atoms with van der Waals surface area (Å²) in [6.45, 7) is 1.18. The minimum Gasteiger partial charge on any atom is -0.480 e. The molecule has 0 saturated carbocycles. The Balaban J connectivity index is 3.77. The van der Waals surface area contributed by atoms with E-state index in [1.54, 1.807) is 6.92 Å². The van der Waals surface area contributed by atoms with E-state index >= 15 is 0 Å². The fourth-order valence-corrected chi connectivity index (χ4v) is 0.552. The van der Waals surface area contributed by atoms with E-state index in [9.17, 15) is 4.79 Å². The molecule has 2 unspecified atom stereocenters. The van der Waals surface area contributed by atoms with Crippen LogP contribution in [-0.4, -0.2) is 40.2 Å². The maximum atomic E-state index is 10.2. The van der Waals surface area contributed by atoms with Crippen LogP contribution in [-0.2, 0) is 4.79 Å². The second-order valence-electron chi connectivity index (χ2n) is 2.16.